The van der Waals surface area contributed by atoms with E-state index >= 15 is 0 Å². The molecule has 0 atom stereocenters. The summed E-state index contributed by atoms with van der Waals surface area (Å²) in [5.41, 5.74) is 3.85. The highest BCUT2D eigenvalue weighted by atomic mass is 127. The predicted molar refractivity (Wildman–Crippen MR) is 144 cm³/mol. The summed E-state index contributed by atoms with van der Waals surface area (Å²) in [6.45, 7) is 0.125. The minimum atomic E-state index is -0.641. The molecule has 0 aromatic heterocycles. The Morgan fingerprint density at radius 2 is 1.76 bits per heavy atom. The first-order valence-electron chi connectivity index (χ1n) is 9.90. The number of rotatable bonds is 6. The van der Waals surface area contributed by atoms with E-state index in [2.05, 4.69) is 38.4 Å². The summed E-state index contributed by atoms with van der Waals surface area (Å²) in [7, 11) is 0. The lowest BCUT2D eigenvalue weighted by molar-refractivity contribution is -0.117. The number of nitrogens with zero attached hydrogens (tertiary/aromatic N) is 1. The molecule has 3 aromatic rings. The molecule has 0 saturated heterocycles. The summed E-state index contributed by atoms with van der Waals surface area (Å²) in [6, 6.07) is 17.3. The zero-order valence-electron chi connectivity index (χ0n) is 17.4. The van der Waals surface area contributed by atoms with Crippen molar-refractivity contribution in [1.29, 1.82) is 0 Å². The van der Waals surface area contributed by atoms with E-state index in [9.17, 15) is 14.7 Å². The van der Waals surface area contributed by atoms with Gasteiger partial charge < -0.3 is 19.9 Å². The van der Waals surface area contributed by atoms with Crippen LogP contribution in [0.5, 0.6) is 17.2 Å². The molecule has 10 heteroatoms. The number of phenolic OH excluding ortho intramolecular Hbond substituents is 1. The van der Waals surface area contributed by atoms with Gasteiger partial charge in [-0.25, -0.2) is 5.43 Å². The summed E-state index contributed by atoms with van der Waals surface area (Å²) in [5.74, 6) is 0.125. The molecule has 0 saturated carbocycles. The highest BCUT2D eigenvalue weighted by Gasteiger charge is 2.17. The van der Waals surface area contributed by atoms with E-state index in [0.717, 1.165) is 3.57 Å². The Bertz CT molecular complexity index is 1310. The maximum atomic E-state index is 12.9. The van der Waals surface area contributed by atoms with Crippen molar-refractivity contribution in [3.05, 3.63) is 90.2 Å². The number of hydrogen-bond donors (Lipinski definition) is 3. The molecule has 3 N–H and O–H groups in total. The van der Waals surface area contributed by atoms with Crippen molar-refractivity contribution in [1.82, 2.24) is 10.7 Å². The van der Waals surface area contributed by atoms with Crippen LogP contribution in [0.4, 0.5) is 0 Å². The number of aromatic hydroxyl groups is 1. The van der Waals surface area contributed by atoms with E-state index in [1.807, 2.05) is 28.7 Å². The van der Waals surface area contributed by atoms with E-state index in [-0.39, 0.29) is 18.2 Å². The summed E-state index contributed by atoms with van der Waals surface area (Å²) in [4.78, 5) is 25.6. The van der Waals surface area contributed by atoms with Gasteiger partial charge in [-0.15, -0.1) is 0 Å². The number of hydrazone groups is 1. The standard InChI is InChI=1S/C24H17I2N3O5/c25-17-10-16(22(30)18(26)11-17)12-27-29-24(32)19(28-23(31)15-4-2-1-3-5-15)8-14-6-7-20-21(9-14)34-13-33-20/h1-12,30H,13H2,(H,28,31)(H,29,32)/b19-8+,27-12-. The molecule has 1 aliphatic rings. The Balaban J connectivity index is 1.58. The summed E-state index contributed by atoms with van der Waals surface area (Å²) in [5, 5.41) is 16.8. The van der Waals surface area contributed by atoms with Crippen LogP contribution < -0.4 is 20.2 Å². The van der Waals surface area contributed by atoms with Crippen molar-refractivity contribution >= 4 is 69.3 Å². The molecule has 2 amide bonds. The lowest BCUT2D eigenvalue weighted by Crippen LogP contribution is -2.32. The number of hydrogen-bond acceptors (Lipinski definition) is 6. The SMILES string of the molecule is O=C(N/N=C\c1cc(I)cc(I)c1O)/C(=C\c1ccc2c(c1)OCO2)NC(=O)c1ccccc1. The number of carbonyl (C=O) groups excluding carboxylic acids is 2. The van der Waals surface area contributed by atoms with E-state index in [1.54, 1.807) is 54.6 Å². The molecular weight excluding hydrogens is 664 g/mol. The lowest BCUT2D eigenvalue weighted by atomic mass is 10.1. The Kier molecular flexibility index (Phi) is 7.67. The van der Waals surface area contributed by atoms with Gasteiger partial charge in [0, 0.05) is 14.7 Å². The number of nitrogens with one attached hydrogen (secondary N) is 2. The van der Waals surface area contributed by atoms with Crippen LogP contribution in [-0.2, 0) is 4.79 Å². The minimum absolute atomic E-state index is 0.0219. The number of phenols is 1. The quantitative estimate of drug-likeness (QED) is 0.156. The van der Waals surface area contributed by atoms with Gasteiger partial charge in [0.05, 0.1) is 9.78 Å². The Morgan fingerprint density at radius 3 is 2.56 bits per heavy atom. The van der Waals surface area contributed by atoms with Crippen LogP contribution in [0.3, 0.4) is 0 Å². The molecule has 0 spiro atoms. The smallest absolute Gasteiger partial charge is 0.287 e. The number of fused-ring (bicyclic) bond motifs is 1. The normalized spacial score (nSPS) is 12.6. The fourth-order valence-corrected chi connectivity index (χ4v) is 4.91. The molecule has 0 fully saturated rings. The molecule has 8 nitrogen and oxygen atoms in total. The predicted octanol–water partition coefficient (Wildman–Crippen LogP) is 4.25. The fraction of sp³-hybridized carbons (Fsp3) is 0.0417. The Morgan fingerprint density at radius 1 is 1.00 bits per heavy atom. The fourth-order valence-electron chi connectivity index (χ4n) is 3.02. The Labute approximate surface area is 222 Å². The molecule has 4 rings (SSSR count). The van der Waals surface area contributed by atoms with Crippen LogP contribution in [0.25, 0.3) is 6.08 Å². The number of ether oxygens (including phenoxy) is 2. The first-order chi connectivity index (χ1) is 16.4. The number of halogens is 2. The first kappa shape index (κ1) is 24.0. The van der Waals surface area contributed by atoms with Gasteiger partial charge in [-0.05, 0) is 93.2 Å². The highest BCUT2D eigenvalue weighted by molar-refractivity contribution is 14.1. The highest BCUT2D eigenvalue weighted by Crippen LogP contribution is 2.33. The van der Waals surface area contributed by atoms with E-state index < -0.39 is 11.8 Å². The summed E-state index contributed by atoms with van der Waals surface area (Å²) >= 11 is 4.14. The van der Waals surface area contributed by atoms with Gasteiger partial charge in [0.1, 0.15) is 11.4 Å². The van der Waals surface area contributed by atoms with Crippen LogP contribution in [0.1, 0.15) is 21.5 Å². The average molecular weight is 681 g/mol. The molecule has 0 aliphatic carbocycles. The van der Waals surface area contributed by atoms with Crippen molar-refractivity contribution in [2.24, 2.45) is 5.10 Å². The first-order valence-corrected chi connectivity index (χ1v) is 12.1. The molecule has 1 aliphatic heterocycles. The Hall–Kier alpha value is -3.13. The van der Waals surface area contributed by atoms with Gasteiger partial charge in [0.15, 0.2) is 11.5 Å². The van der Waals surface area contributed by atoms with E-state index in [0.29, 0.717) is 31.8 Å². The number of amides is 2. The maximum Gasteiger partial charge on any atom is 0.287 e. The van der Waals surface area contributed by atoms with Crippen LogP contribution in [0.2, 0.25) is 0 Å². The van der Waals surface area contributed by atoms with Gasteiger partial charge in [0.25, 0.3) is 11.8 Å². The number of carbonyl (C=O) groups is 2. The molecular formula is C24H17I2N3O5. The van der Waals surface area contributed by atoms with Gasteiger partial charge in [-0.3, -0.25) is 9.59 Å². The second-order valence-corrected chi connectivity index (χ2v) is 9.42. The van der Waals surface area contributed by atoms with Gasteiger partial charge in [0.2, 0.25) is 6.79 Å². The zero-order valence-corrected chi connectivity index (χ0v) is 21.7. The largest absolute Gasteiger partial charge is 0.506 e. The van der Waals surface area contributed by atoms with Crippen LogP contribution in [0, 0.1) is 7.14 Å². The van der Waals surface area contributed by atoms with Crippen molar-refractivity contribution in [2.45, 2.75) is 0 Å². The number of benzene rings is 3. The molecule has 172 valence electrons. The summed E-state index contributed by atoms with van der Waals surface area (Å²) in [6.07, 6.45) is 2.86. The van der Waals surface area contributed by atoms with Gasteiger partial charge in [-0.1, -0.05) is 24.3 Å². The van der Waals surface area contributed by atoms with E-state index in [1.165, 1.54) is 12.3 Å². The van der Waals surface area contributed by atoms with E-state index in [4.69, 9.17) is 9.47 Å². The second-order valence-electron chi connectivity index (χ2n) is 7.02. The van der Waals surface area contributed by atoms with Gasteiger partial charge >= 0.3 is 0 Å². The lowest BCUT2D eigenvalue weighted by Gasteiger charge is -2.10. The summed E-state index contributed by atoms with van der Waals surface area (Å²) < 4.78 is 12.3. The second kappa shape index (κ2) is 10.9. The maximum absolute atomic E-state index is 12.9. The monoisotopic (exact) mass is 681 g/mol. The van der Waals surface area contributed by atoms with Crippen LogP contribution in [0.15, 0.2) is 71.5 Å². The zero-order chi connectivity index (χ0) is 24.1. The van der Waals surface area contributed by atoms with Crippen molar-refractivity contribution in [3.63, 3.8) is 0 Å². The minimum Gasteiger partial charge on any atom is -0.506 e. The molecule has 3 aromatic carbocycles. The van der Waals surface area contributed by atoms with Crippen molar-refractivity contribution in [3.8, 4) is 17.2 Å². The van der Waals surface area contributed by atoms with Gasteiger partial charge in [-0.2, -0.15) is 5.10 Å². The molecule has 1 heterocycles. The third-order valence-corrected chi connectivity index (χ3v) is 6.11. The molecule has 0 bridgehead atoms. The average Bonchev–Trinajstić information content (AvgIpc) is 3.30. The topological polar surface area (TPSA) is 109 Å². The molecule has 0 unspecified atom stereocenters. The van der Waals surface area contributed by atoms with Crippen molar-refractivity contribution < 1.29 is 24.2 Å². The molecule has 34 heavy (non-hydrogen) atoms. The van der Waals surface area contributed by atoms with Crippen LogP contribution in [-0.4, -0.2) is 29.9 Å². The van der Waals surface area contributed by atoms with Crippen LogP contribution >= 0.6 is 45.2 Å². The molecule has 0 radical (unpaired) electrons. The third-order valence-electron chi connectivity index (χ3n) is 4.66. The van der Waals surface area contributed by atoms with Crippen molar-refractivity contribution in [2.75, 3.05) is 6.79 Å². The third kappa shape index (κ3) is 5.86.